The molecule has 1 amide bonds. The van der Waals surface area contributed by atoms with E-state index in [1.165, 1.54) is 0 Å². The van der Waals surface area contributed by atoms with Gasteiger partial charge in [0.05, 0.1) is 6.10 Å². The van der Waals surface area contributed by atoms with Gasteiger partial charge in [0.2, 0.25) is 0 Å². The summed E-state index contributed by atoms with van der Waals surface area (Å²) in [4.78, 5) is 25.7. The number of pyridine rings is 1. The topological polar surface area (TPSA) is 83.4 Å². The maximum atomic E-state index is 12.9. The van der Waals surface area contributed by atoms with Crippen LogP contribution in [0.5, 0.6) is 0 Å². The highest BCUT2D eigenvalue weighted by atomic mass is 35.5. The smallest absolute Gasteiger partial charge is 0.263 e. The van der Waals surface area contributed by atoms with Crippen molar-refractivity contribution in [2.75, 3.05) is 13.1 Å². The van der Waals surface area contributed by atoms with Gasteiger partial charge in [-0.3, -0.25) is 9.59 Å². The zero-order valence-corrected chi connectivity index (χ0v) is 16.2. The number of rotatable bonds is 2. The Labute approximate surface area is 165 Å². The molecule has 2 aliphatic carbocycles. The van der Waals surface area contributed by atoms with Gasteiger partial charge >= 0.3 is 0 Å². The molecule has 148 valence electrons. The first-order chi connectivity index (χ1) is 12.6. The largest absolute Gasteiger partial charge is 0.393 e. The van der Waals surface area contributed by atoms with E-state index in [-0.39, 0.29) is 41.6 Å². The highest BCUT2D eigenvalue weighted by Gasteiger charge is 2.41. The second-order valence-corrected chi connectivity index (χ2v) is 8.83. The minimum Gasteiger partial charge on any atom is -0.393 e. The summed E-state index contributed by atoms with van der Waals surface area (Å²) >= 11 is 0. The van der Waals surface area contributed by atoms with E-state index in [1.807, 2.05) is 10.6 Å². The Morgan fingerprint density at radius 1 is 1.11 bits per heavy atom. The second kappa shape index (κ2) is 7.22. The van der Waals surface area contributed by atoms with E-state index in [0.717, 1.165) is 50.9 Å². The third kappa shape index (κ3) is 3.32. The van der Waals surface area contributed by atoms with Gasteiger partial charge in [-0.2, -0.15) is 0 Å². The molecular formula is C20H28ClN3O3. The number of aliphatic hydroxyl groups excluding tert-OH is 1. The van der Waals surface area contributed by atoms with Gasteiger partial charge in [0.1, 0.15) is 5.56 Å². The standard InChI is InChI=1S/C20H27N3O3.ClH/c24-16-6-12-4-15(5-13(12)7-16)22-19(25)17-1-2-18-14-3-11(8-21-9-14)10-23(18)20(17)26;/h1-2,11-16,21,24H,3-10H2,(H,22,25);1H/t11-,12-,13+,14+,15?,16?;/m0./s1. The highest BCUT2D eigenvalue weighted by molar-refractivity contribution is 5.94. The third-order valence-corrected chi connectivity index (χ3v) is 7.08. The summed E-state index contributed by atoms with van der Waals surface area (Å²) in [6, 6.07) is 3.83. The van der Waals surface area contributed by atoms with Crippen molar-refractivity contribution < 1.29 is 9.90 Å². The van der Waals surface area contributed by atoms with Crippen LogP contribution in [0, 0.1) is 17.8 Å². The lowest BCUT2D eigenvalue weighted by atomic mass is 9.84. The number of nitrogens with zero attached hydrogens (tertiary/aromatic N) is 1. The fourth-order valence-electron chi connectivity index (χ4n) is 5.93. The number of carbonyl (C=O) groups excluding carboxylic acids is 1. The molecule has 27 heavy (non-hydrogen) atoms. The normalized spacial score (nSPS) is 36.5. The quantitative estimate of drug-likeness (QED) is 0.706. The Hall–Kier alpha value is -1.37. The number of aliphatic hydroxyl groups is 1. The van der Waals surface area contributed by atoms with Crippen LogP contribution in [0.1, 0.15) is 54.1 Å². The maximum absolute atomic E-state index is 12.9. The van der Waals surface area contributed by atoms with Gasteiger partial charge in [-0.1, -0.05) is 0 Å². The molecule has 2 unspecified atom stereocenters. The van der Waals surface area contributed by atoms with Gasteiger partial charge in [-0.15, -0.1) is 12.4 Å². The lowest BCUT2D eigenvalue weighted by molar-refractivity contribution is 0.0931. The van der Waals surface area contributed by atoms with E-state index in [9.17, 15) is 14.7 Å². The average Bonchev–Trinajstić information content (AvgIpc) is 3.12. The summed E-state index contributed by atoms with van der Waals surface area (Å²) in [6.07, 6.45) is 4.53. The van der Waals surface area contributed by atoms with Gasteiger partial charge < -0.3 is 20.3 Å². The fraction of sp³-hybridized carbons (Fsp3) is 0.700. The predicted molar refractivity (Wildman–Crippen MR) is 104 cm³/mol. The molecule has 1 aromatic heterocycles. The molecule has 4 aliphatic rings. The van der Waals surface area contributed by atoms with Gasteiger partial charge in [0, 0.05) is 30.7 Å². The molecule has 2 aliphatic heterocycles. The average molecular weight is 394 g/mol. The molecule has 7 heteroatoms. The number of carbonyl (C=O) groups is 1. The summed E-state index contributed by atoms with van der Waals surface area (Å²) in [7, 11) is 0. The molecule has 0 radical (unpaired) electrons. The summed E-state index contributed by atoms with van der Waals surface area (Å²) in [6.45, 7) is 2.58. The van der Waals surface area contributed by atoms with Crippen LogP contribution in [0.15, 0.2) is 16.9 Å². The van der Waals surface area contributed by atoms with Crippen LogP contribution in [0.2, 0.25) is 0 Å². The van der Waals surface area contributed by atoms with Crippen molar-refractivity contribution in [1.82, 2.24) is 15.2 Å². The Morgan fingerprint density at radius 3 is 2.59 bits per heavy atom. The first-order valence-corrected chi connectivity index (χ1v) is 10.0. The number of nitrogens with one attached hydrogen (secondary N) is 2. The number of halogens is 1. The summed E-state index contributed by atoms with van der Waals surface area (Å²) < 4.78 is 1.84. The van der Waals surface area contributed by atoms with Crippen LogP contribution in [0.25, 0.3) is 0 Å². The van der Waals surface area contributed by atoms with Crippen LogP contribution < -0.4 is 16.2 Å². The number of hydrogen-bond donors (Lipinski definition) is 3. The monoisotopic (exact) mass is 393 g/mol. The Balaban J connectivity index is 0.00000180. The Bertz CT molecular complexity index is 781. The van der Waals surface area contributed by atoms with Gasteiger partial charge in [-0.05, 0) is 68.5 Å². The van der Waals surface area contributed by atoms with Crippen molar-refractivity contribution in [2.45, 2.75) is 56.7 Å². The lowest BCUT2D eigenvalue weighted by Crippen LogP contribution is -2.46. The molecule has 1 saturated heterocycles. The fourth-order valence-corrected chi connectivity index (χ4v) is 5.93. The number of fused-ring (bicyclic) bond motifs is 5. The number of amides is 1. The molecule has 2 saturated carbocycles. The summed E-state index contributed by atoms with van der Waals surface area (Å²) in [5.74, 6) is 1.68. The van der Waals surface area contributed by atoms with Gasteiger partial charge in [0.15, 0.2) is 0 Å². The van der Waals surface area contributed by atoms with Crippen molar-refractivity contribution >= 4 is 18.3 Å². The number of aromatic nitrogens is 1. The van der Waals surface area contributed by atoms with E-state index in [1.54, 1.807) is 6.07 Å². The zero-order valence-electron chi connectivity index (χ0n) is 15.4. The van der Waals surface area contributed by atoms with Crippen LogP contribution in [0.4, 0.5) is 0 Å². The van der Waals surface area contributed by atoms with Crippen LogP contribution in [-0.2, 0) is 6.54 Å². The van der Waals surface area contributed by atoms with Crippen molar-refractivity contribution in [1.29, 1.82) is 0 Å². The summed E-state index contributed by atoms with van der Waals surface area (Å²) in [5, 5.41) is 16.3. The van der Waals surface area contributed by atoms with Crippen LogP contribution in [0.3, 0.4) is 0 Å². The minimum atomic E-state index is -0.232. The molecule has 6 nitrogen and oxygen atoms in total. The van der Waals surface area contributed by atoms with E-state index in [0.29, 0.717) is 30.2 Å². The molecule has 0 spiro atoms. The van der Waals surface area contributed by atoms with Crippen LogP contribution in [-0.4, -0.2) is 40.8 Å². The van der Waals surface area contributed by atoms with Gasteiger partial charge in [-0.25, -0.2) is 0 Å². The van der Waals surface area contributed by atoms with E-state index in [2.05, 4.69) is 10.6 Å². The molecule has 1 aromatic rings. The van der Waals surface area contributed by atoms with E-state index < -0.39 is 0 Å². The molecule has 3 fully saturated rings. The zero-order chi connectivity index (χ0) is 17.8. The van der Waals surface area contributed by atoms with Gasteiger partial charge in [0.25, 0.3) is 11.5 Å². The molecule has 2 bridgehead atoms. The minimum absolute atomic E-state index is 0. The number of hydrogen-bond acceptors (Lipinski definition) is 4. The lowest BCUT2D eigenvalue weighted by Gasteiger charge is -2.37. The van der Waals surface area contributed by atoms with Crippen LogP contribution >= 0.6 is 12.4 Å². The Morgan fingerprint density at radius 2 is 1.85 bits per heavy atom. The number of piperidine rings is 1. The molecule has 3 heterocycles. The van der Waals surface area contributed by atoms with E-state index in [4.69, 9.17) is 0 Å². The third-order valence-electron chi connectivity index (χ3n) is 7.08. The predicted octanol–water partition coefficient (Wildman–Crippen LogP) is 1.26. The van der Waals surface area contributed by atoms with Crippen molar-refractivity contribution in [2.24, 2.45) is 17.8 Å². The van der Waals surface area contributed by atoms with E-state index >= 15 is 0 Å². The maximum Gasteiger partial charge on any atom is 0.263 e. The molecular weight excluding hydrogens is 366 g/mol. The molecule has 5 rings (SSSR count). The molecule has 3 N–H and O–H groups in total. The highest BCUT2D eigenvalue weighted by Crippen LogP contribution is 2.44. The first-order valence-electron chi connectivity index (χ1n) is 10.0. The Kier molecular flexibility index (Phi) is 5.08. The molecule has 0 aromatic carbocycles. The summed E-state index contributed by atoms with van der Waals surface area (Å²) in [5.41, 5.74) is 1.21. The van der Waals surface area contributed by atoms with Crippen molar-refractivity contribution in [3.05, 3.63) is 33.7 Å². The SMILES string of the molecule is Cl.O=C(NC1C[C@H]2CC(O)C[C@H]2C1)c1ccc2n(c1=O)C[C@@H]1CNC[C@H]2C1. The second-order valence-electron chi connectivity index (χ2n) is 8.83. The van der Waals surface area contributed by atoms with Crippen molar-refractivity contribution in [3.8, 4) is 0 Å². The van der Waals surface area contributed by atoms with Crippen molar-refractivity contribution in [3.63, 3.8) is 0 Å². The molecule has 6 atom stereocenters. The first kappa shape index (κ1) is 19.0.